The summed E-state index contributed by atoms with van der Waals surface area (Å²) in [4.78, 5) is 22.9. The van der Waals surface area contributed by atoms with E-state index >= 15 is 0 Å². The zero-order valence-electron chi connectivity index (χ0n) is 14.3. The lowest BCUT2D eigenvalue weighted by Gasteiger charge is -2.47. The number of cyclic esters (lactones) is 2. The van der Waals surface area contributed by atoms with Crippen LogP contribution in [0.4, 0.5) is 0 Å². The minimum Gasteiger partial charge on any atom is -0.395 e. The fourth-order valence-electron chi connectivity index (χ4n) is 3.68. The third-order valence-electron chi connectivity index (χ3n) is 5.26. The van der Waals surface area contributed by atoms with Gasteiger partial charge in [-0.1, -0.05) is 30.2 Å². The molecule has 0 radical (unpaired) electrons. The van der Waals surface area contributed by atoms with Crippen LogP contribution in [0.2, 0.25) is 5.02 Å². The molecule has 1 aromatic rings. The van der Waals surface area contributed by atoms with Gasteiger partial charge in [0.15, 0.2) is 0 Å². The third-order valence-corrected chi connectivity index (χ3v) is 5.51. The Balaban J connectivity index is 1.61. The van der Waals surface area contributed by atoms with Gasteiger partial charge in [0.25, 0.3) is 0 Å². The SMILES string of the molecule is NC(CCCC1(O)OC(=O)C=CC(=O)O1)C1(c2ccc(Cl)cc2)CCC1. The number of carbonyl (C=O) groups excluding carboxylic acids is 2. The predicted octanol–water partition coefficient (Wildman–Crippen LogP) is 2.56. The number of rotatable bonds is 6. The first kappa shape index (κ1) is 18.9. The standard InChI is InChI=1S/C19H22ClNO5/c20-14-6-4-13(5-7-14)18(10-2-11-18)15(21)3-1-12-19(24)25-16(22)8-9-17(23)26-19/h4-9,15,24H,1-3,10-12,21H2. The first-order chi connectivity index (χ1) is 12.3. The number of ether oxygens (including phenoxy) is 2. The van der Waals surface area contributed by atoms with Crippen molar-refractivity contribution >= 4 is 23.5 Å². The van der Waals surface area contributed by atoms with E-state index in [1.54, 1.807) is 0 Å². The number of esters is 2. The van der Waals surface area contributed by atoms with Crippen molar-refractivity contribution in [2.24, 2.45) is 5.73 Å². The van der Waals surface area contributed by atoms with Crippen LogP contribution in [0.25, 0.3) is 0 Å². The zero-order valence-corrected chi connectivity index (χ0v) is 15.1. The summed E-state index contributed by atoms with van der Waals surface area (Å²) in [6.07, 6.45) is 5.95. The molecule has 0 bridgehead atoms. The van der Waals surface area contributed by atoms with E-state index < -0.39 is 17.9 Å². The van der Waals surface area contributed by atoms with E-state index in [2.05, 4.69) is 0 Å². The molecule has 1 heterocycles. The van der Waals surface area contributed by atoms with Crippen molar-refractivity contribution in [2.75, 3.05) is 0 Å². The van der Waals surface area contributed by atoms with Gasteiger partial charge in [-0.3, -0.25) is 0 Å². The largest absolute Gasteiger partial charge is 0.395 e. The highest BCUT2D eigenvalue weighted by Crippen LogP contribution is 2.47. The number of hydrogen-bond donors (Lipinski definition) is 2. The molecule has 1 unspecified atom stereocenters. The van der Waals surface area contributed by atoms with Gasteiger partial charge >= 0.3 is 17.9 Å². The third kappa shape index (κ3) is 3.92. The van der Waals surface area contributed by atoms with Crippen molar-refractivity contribution in [1.82, 2.24) is 0 Å². The second-order valence-corrected chi connectivity index (χ2v) is 7.34. The maximum absolute atomic E-state index is 11.4. The summed E-state index contributed by atoms with van der Waals surface area (Å²) >= 11 is 5.98. The van der Waals surface area contributed by atoms with Gasteiger partial charge in [-0.05, 0) is 43.4 Å². The van der Waals surface area contributed by atoms with Gasteiger partial charge in [-0.2, -0.15) is 0 Å². The van der Waals surface area contributed by atoms with Gasteiger partial charge < -0.3 is 20.3 Å². The first-order valence-corrected chi connectivity index (χ1v) is 9.09. The van der Waals surface area contributed by atoms with Crippen molar-refractivity contribution in [2.45, 2.75) is 56.0 Å². The number of aliphatic hydroxyl groups is 1. The predicted molar refractivity (Wildman–Crippen MR) is 95.1 cm³/mol. The van der Waals surface area contributed by atoms with E-state index in [-0.39, 0.29) is 17.9 Å². The molecule has 1 atom stereocenters. The van der Waals surface area contributed by atoms with Gasteiger partial charge in [-0.15, -0.1) is 0 Å². The number of carbonyl (C=O) groups is 2. The van der Waals surface area contributed by atoms with E-state index in [1.165, 1.54) is 0 Å². The fourth-order valence-corrected chi connectivity index (χ4v) is 3.80. The normalized spacial score (nSPS) is 22.0. The lowest BCUT2D eigenvalue weighted by Crippen LogP contribution is -2.50. The van der Waals surface area contributed by atoms with Crippen molar-refractivity contribution in [1.29, 1.82) is 0 Å². The van der Waals surface area contributed by atoms with Crippen LogP contribution >= 0.6 is 11.6 Å². The van der Waals surface area contributed by atoms with Crippen molar-refractivity contribution in [3.05, 3.63) is 47.0 Å². The second kappa shape index (κ2) is 7.39. The molecule has 0 amide bonds. The molecular weight excluding hydrogens is 358 g/mol. The summed E-state index contributed by atoms with van der Waals surface area (Å²) in [5, 5.41) is 10.9. The molecule has 1 aromatic carbocycles. The Morgan fingerprint density at radius 2 is 1.69 bits per heavy atom. The summed E-state index contributed by atoms with van der Waals surface area (Å²) < 4.78 is 9.61. The van der Waals surface area contributed by atoms with Crippen LogP contribution in [0.1, 0.15) is 44.1 Å². The van der Waals surface area contributed by atoms with Crippen LogP contribution in [0, 0.1) is 0 Å². The molecule has 1 aliphatic heterocycles. The first-order valence-electron chi connectivity index (χ1n) is 8.71. The van der Waals surface area contributed by atoms with Crippen molar-refractivity contribution < 1.29 is 24.2 Å². The maximum atomic E-state index is 11.4. The van der Waals surface area contributed by atoms with Gasteiger partial charge in [0.1, 0.15) is 0 Å². The van der Waals surface area contributed by atoms with Gasteiger partial charge in [-0.25, -0.2) is 9.59 Å². The quantitative estimate of drug-likeness (QED) is 0.737. The average molecular weight is 380 g/mol. The second-order valence-electron chi connectivity index (χ2n) is 6.90. The molecule has 26 heavy (non-hydrogen) atoms. The highest BCUT2D eigenvalue weighted by Gasteiger charge is 2.44. The zero-order chi connectivity index (χ0) is 18.8. The molecule has 1 fully saturated rings. The number of nitrogens with two attached hydrogens (primary N) is 1. The van der Waals surface area contributed by atoms with Gasteiger partial charge in [0.2, 0.25) is 0 Å². The Labute approximate surface area is 156 Å². The lowest BCUT2D eigenvalue weighted by atomic mass is 9.59. The summed E-state index contributed by atoms with van der Waals surface area (Å²) in [5.74, 6) is -3.89. The molecule has 3 N–H and O–H groups in total. The summed E-state index contributed by atoms with van der Waals surface area (Å²) in [5.41, 5.74) is 7.54. The maximum Gasteiger partial charge on any atom is 0.373 e. The Bertz CT molecular complexity index is 691. The smallest absolute Gasteiger partial charge is 0.373 e. The van der Waals surface area contributed by atoms with E-state index in [9.17, 15) is 14.7 Å². The molecule has 0 spiro atoms. The molecule has 3 rings (SSSR count). The minimum absolute atomic E-state index is 0.0312. The molecule has 0 aromatic heterocycles. The van der Waals surface area contributed by atoms with Crippen LogP contribution in [0.15, 0.2) is 36.4 Å². The van der Waals surface area contributed by atoms with E-state index in [0.717, 1.165) is 37.0 Å². The van der Waals surface area contributed by atoms with Crippen LogP contribution in [-0.2, 0) is 24.5 Å². The molecule has 1 aliphatic carbocycles. The monoisotopic (exact) mass is 379 g/mol. The van der Waals surface area contributed by atoms with Crippen molar-refractivity contribution in [3.8, 4) is 0 Å². The Morgan fingerprint density at radius 1 is 1.12 bits per heavy atom. The topological polar surface area (TPSA) is 98.9 Å². The summed E-state index contributed by atoms with van der Waals surface area (Å²) in [6.45, 7) is 0. The molecule has 140 valence electrons. The van der Waals surface area contributed by atoms with Gasteiger partial charge in [0.05, 0.1) is 6.42 Å². The highest BCUT2D eigenvalue weighted by atomic mass is 35.5. The number of hydrogen-bond acceptors (Lipinski definition) is 6. The van der Waals surface area contributed by atoms with Crippen LogP contribution in [-0.4, -0.2) is 29.1 Å². The molecule has 2 aliphatic rings. The van der Waals surface area contributed by atoms with Crippen LogP contribution in [0.5, 0.6) is 0 Å². The Kier molecular flexibility index (Phi) is 5.37. The number of halogens is 1. The highest BCUT2D eigenvalue weighted by molar-refractivity contribution is 6.30. The molecule has 1 saturated carbocycles. The summed E-state index contributed by atoms with van der Waals surface area (Å²) in [6, 6.07) is 7.62. The summed E-state index contributed by atoms with van der Waals surface area (Å²) in [7, 11) is 0. The minimum atomic E-state index is -2.25. The van der Waals surface area contributed by atoms with Crippen molar-refractivity contribution in [3.63, 3.8) is 0 Å². The van der Waals surface area contributed by atoms with E-state index in [0.29, 0.717) is 17.9 Å². The average Bonchev–Trinajstić information content (AvgIpc) is 2.66. The molecule has 0 saturated heterocycles. The van der Waals surface area contributed by atoms with Gasteiger partial charge in [0, 0.05) is 28.6 Å². The molecule has 7 heteroatoms. The van der Waals surface area contributed by atoms with E-state index in [4.69, 9.17) is 26.8 Å². The molecule has 6 nitrogen and oxygen atoms in total. The Hall–Kier alpha value is -1.89. The van der Waals surface area contributed by atoms with Crippen LogP contribution in [0.3, 0.4) is 0 Å². The van der Waals surface area contributed by atoms with Crippen LogP contribution < -0.4 is 5.73 Å². The van der Waals surface area contributed by atoms with E-state index in [1.807, 2.05) is 24.3 Å². The Morgan fingerprint density at radius 3 is 2.19 bits per heavy atom. The fraction of sp³-hybridized carbons (Fsp3) is 0.474. The number of benzene rings is 1. The lowest BCUT2D eigenvalue weighted by molar-refractivity contribution is -0.322. The molecular formula is C19H22ClNO5.